The van der Waals surface area contributed by atoms with Crippen LogP contribution >= 0.6 is 23.2 Å². The minimum Gasteiger partial charge on any atom is -0.507 e. The average Bonchev–Trinajstić information content (AvgIpc) is 3.09. The number of aliphatic hydroxyl groups excluding tert-OH is 1. The molecule has 0 radical (unpaired) electrons. The van der Waals surface area contributed by atoms with E-state index in [1.165, 1.54) is 19.2 Å². The molecule has 6 nitrogen and oxygen atoms in total. The van der Waals surface area contributed by atoms with Crippen molar-refractivity contribution in [1.29, 1.82) is 0 Å². The van der Waals surface area contributed by atoms with Crippen LogP contribution in [0.4, 0.5) is 0 Å². The Balaban J connectivity index is 1.92. The molecule has 174 valence electrons. The number of carbonyl (C=O) groups excluding carboxylic acids is 2. The van der Waals surface area contributed by atoms with E-state index in [2.05, 4.69) is 0 Å². The summed E-state index contributed by atoms with van der Waals surface area (Å²) in [4.78, 5) is 28.2. The van der Waals surface area contributed by atoms with E-state index in [1.807, 2.05) is 0 Å². The normalized spacial score (nSPS) is 20.8. The molecule has 0 aromatic heterocycles. The molecule has 1 amide bonds. The van der Waals surface area contributed by atoms with Crippen molar-refractivity contribution in [1.82, 2.24) is 4.90 Å². The van der Waals surface area contributed by atoms with E-state index < -0.39 is 17.7 Å². The number of ether oxygens (including phenoxy) is 2. The second kappa shape index (κ2) is 9.65. The fourth-order valence-electron chi connectivity index (χ4n) is 4.79. The largest absolute Gasteiger partial charge is 0.507 e. The van der Waals surface area contributed by atoms with Gasteiger partial charge in [0.1, 0.15) is 17.3 Å². The van der Waals surface area contributed by atoms with E-state index in [4.69, 9.17) is 32.7 Å². The highest BCUT2D eigenvalue weighted by atomic mass is 35.5. The quantitative estimate of drug-likeness (QED) is 0.328. The molecule has 1 unspecified atom stereocenters. The zero-order valence-electron chi connectivity index (χ0n) is 18.4. The predicted molar refractivity (Wildman–Crippen MR) is 127 cm³/mol. The summed E-state index contributed by atoms with van der Waals surface area (Å²) < 4.78 is 10.6. The topological polar surface area (TPSA) is 76.1 Å². The minimum atomic E-state index is -0.749. The Kier molecular flexibility index (Phi) is 6.86. The maximum Gasteiger partial charge on any atom is 0.295 e. The summed E-state index contributed by atoms with van der Waals surface area (Å²) in [6, 6.07) is 9.28. The highest BCUT2D eigenvalue weighted by Crippen LogP contribution is 2.45. The fourth-order valence-corrected chi connectivity index (χ4v) is 5.36. The van der Waals surface area contributed by atoms with Gasteiger partial charge in [-0.15, -0.1) is 0 Å². The van der Waals surface area contributed by atoms with Crippen LogP contribution in [0.15, 0.2) is 42.0 Å². The first-order valence-corrected chi connectivity index (χ1v) is 11.6. The Labute approximate surface area is 202 Å². The third kappa shape index (κ3) is 4.30. The number of methoxy groups -OCH3 is 2. The molecule has 2 aromatic carbocycles. The van der Waals surface area contributed by atoms with Crippen molar-refractivity contribution in [3.8, 4) is 11.5 Å². The monoisotopic (exact) mass is 489 g/mol. The van der Waals surface area contributed by atoms with Crippen molar-refractivity contribution >= 4 is 40.7 Å². The Hall–Kier alpha value is -2.70. The van der Waals surface area contributed by atoms with Gasteiger partial charge >= 0.3 is 0 Å². The molecular formula is C25H25Cl2NO5. The van der Waals surface area contributed by atoms with Gasteiger partial charge in [0.05, 0.1) is 36.4 Å². The van der Waals surface area contributed by atoms with E-state index in [-0.39, 0.29) is 38.7 Å². The molecule has 2 fully saturated rings. The number of nitrogens with zero attached hydrogens (tertiary/aromatic N) is 1. The number of hydrogen-bond acceptors (Lipinski definition) is 5. The third-order valence-corrected chi connectivity index (χ3v) is 6.85. The second-order valence-electron chi connectivity index (χ2n) is 8.24. The summed E-state index contributed by atoms with van der Waals surface area (Å²) in [5, 5.41) is 11.8. The van der Waals surface area contributed by atoms with E-state index in [1.54, 1.807) is 36.3 Å². The lowest BCUT2D eigenvalue weighted by atomic mass is 9.91. The van der Waals surface area contributed by atoms with Gasteiger partial charge in [0.25, 0.3) is 11.7 Å². The Morgan fingerprint density at radius 1 is 1.00 bits per heavy atom. The van der Waals surface area contributed by atoms with Crippen molar-refractivity contribution < 1.29 is 24.2 Å². The summed E-state index contributed by atoms with van der Waals surface area (Å²) in [5.74, 6) is -0.894. The Morgan fingerprint density at radius 2 is 1.67 bits per heavy atom. The summed E-state index contributed by atoms with van der Waals surface area (Å²) >= 11 is 12.5. The summed E-state index contributed by atoms with van der Waals surface area (Å²) in [6.07, 6.45) is 4.70. The summed E-state index contributed by atoms with van der Waals surface area (Å²) in [5.41, 5.74) is 0.858. The van der Waals surface area contributed by atoms with Crippen LogP contribution in [0.3, 0.4) is 0 Å². The number of benzene rings is 2. The van der Waals surface area contributed by atoms with Gasteiger partial charge in [0, 0.05) is 11.1 Å². The fraction of sp³-hybridized carbons (Fsp3) is 0.360. The molecule has 1 aliphatic carbocycles. The maximum absolute atomic E-state index is 13.3. The molecule has 2 aromatic rings. The molecule has 33 heavy (non-hydrogen) atoms. The number of likely N-dealkylation sites (tertiary alicyclic amines) is 1. The van der Waals surface area contributed by atoms with Gasteiger partial charge in [-0.05, 0) is 42.7 Å². The summed E-state index contributed by atoms with van der Waals surface area (Å²) in [6.45, 7) is 0. The predicted octanol–water partition coefficient (Wildman–Crippen LogP) is 5.77. The molecule has 2 aliphatic rings. The van der Waals surface area contributed by atoms with Crippen molar-refractivity contribution in [2.45, 2.75) is 44.2 Å². The van der Waals surface area contributed by atoms with Gasteiger partial charge < -0.3 is 19.5 Å². The zero-order chi connectivity index (χ0) is 23.7. The molecule has 0 bridgehead atoms. The molecule has 1 aliphatic heterocycles. The summed E-state index contributed by atoms with van der Waals surface area (Å²) in [7, 11) is 2.98. The van der Waals surface area contributed by atoms with Gasteiger partial charge in [0.15, 0.2) is 0 Å². The first kappa shape index (κ1) is 23.5. The van der Waals surface area contributed by atoms with Crippen LogP contribution in [0.5, 0.6) is 11.5 Å². The zero-order valence-corrected chi connectivity index (χ0v) is 19.9. The van der Waals surface area contributed by atoms with E-state index in [0.717, 1.165) is 32.1 Å². The first-order chi connectivity index (χ1) is 15.9. The van der Waals surface area contributed by atoms with Crippen LogP contribution in [0.2, 0.25) is 10.0 Å². The molecule has 1 N–H and O–H groups in total. The lowest BCUT2D eigenvalue weighted by Gasteiger charge is -2.35. The van der Waals surface area contributed by atoms with E-state index in [9.17, 15) is 14.7 Å². The third-order valence-electron chi connectivity index (χ3n) is 6.35. The average molecular weight is 490 g/mol. The molecule has 4 rings (SSSR count). The second-order valence-corrected chi connectivity index (χ2v) is 9.08. The smallest absolute Gasteiger partial charge is 0.295 e. The Morgan fingerprint density at radius 3 is 2.27 bits per heavy atom. The first-order valence-electron chi connectivity index (χ1n) is 10.8. The number of Topliss-reactive ketones (excluding diaryl/α,β-unsaturated/α-hetero) is 1. The number of aliphatic hydroxyl groups is 1. The van der Waals surface area contributed by atoms with Crippen molar-refractivity contribution in [2.24, 2.45) is 0 Å². The van der Waals surface area contributed by atoms with Crippen molar-refractivity contribution in [3.63, 3.8) is 0 Å². The van der Waals surface area contributed by atoms with Crippen LogP contribution in [0, 0.1) is 0 Å². The number of ketones is 1. The lowest BCUT2D eigenvalue weighted by molar-refractivity contribution is -0.141. The number of hydrogen-bond donors (Lipinski definition) is 1. The molecule has 1 saturated carbocycles. The standard InChI is InChI=1S/C25H25Cl2NO5/c1-32-17-10-8-14(9-11-17)21-20(22(29)18-12-15(26)13-19(27)24(18)33-2)23(30)25(31)28(21)16-6-4-3-5-7-16/h8-13,16,21,29H,3-7H2,1-2H3/b22-20+. The lowest BCUT2D eigenvalue weighted by Crippen LogP contribution is -2.40. The van der Waals surface area contributed by atoms with Crippen molar-refractivity contribution in [3.05, 3.63) is 63.1 Å². The molecular weight excluding hydrogens is 465 g/mol. The van der Waals surface area contributed by atoms with Gasteiger partial charge in [-0.2, -0.15) is 0 Å². The minimum absolute atomic E-state index is 0.00706. The van der Waals surface area contributed by atoms with E-state index in [0.29, 0.717) is 11.3 Å². The van der Waals surface area contributed by atoms with Gasteiger partial charge in [0.2, 0.25) is 0 Å². The van der Waals surface area contributed by atoms with Crippen LogP contribution in [-0.2, 0) is 9.59 Å². The number of rotatable bonds is 5. The Bertz CT molecular complexity index is 1110. The number of amides is 1. The van der Waals surface area contributed by atoms with Crippen LogP contribution < -0.4 is 9.47 Å². The van der Waals surface area contributed by atoms with Crippen LogP contribution in [-0.4, -0.2) is 42.0 Å². The highest BCUT2D eigenvalue weighted by molar-refractivity contribution is 6.47. The molecule has 8 heteroatoms. The molecule has 1 atom stereocenters. The number of carbonyl (C=O) groups is 2. The van der Waals surface area contributed by atoms with Crippen LogP contribution in [0.1, 0.15) is 49.3 Å². The number of halogens is 2. The molecule has 1 saturated heterocycles. The van der Waals surface area contributed by atoms with Gasteiger partial charge in [-0.3, -0.25) is 9.59 Å². The van der Waals surface area contributed by atoms with Crippen molar-refractivity contribution in [2.75, 3.05) is 14.2 Å². The van der Waals surface area contributed by atoms with Gasteiger partial charge in [-0.1, -0.05) is 54.6 Å². The maximum atomic E-state index is 13.3. The highest BCUT2D eigenvalue weighted by Gasteiger charge is 2.49. The van der Waals surface area contributed by atoms with Gasteiger partial charge in [-0.25, -0.2) is 0 Å². The molecule has 1 heterocycles. The van der Waals surface area contributed by atoms with E-state index >= 15 is 0 Å². The molecule has 0 spiro atoms. The SMILES string of the molecule is COc1ccc(C2/C(=C(\O)c3cc(Cl)cc(Cl)c3OC)C(=O)C(=O)N2C2CCCCC2)cc1. The van der Waals surface area contributed by atoms with Crippen LogP contribution in [0.25, 0.3) is 5.76 Å².